The monoisotopic (exact) mass is 250 g/mol. The van der Waals surface area contributed by atoms with E-state index >= 15 is 0 Å². The summed E-state index contributed by atoms with van der Waals surface area (Å²) in [4.78, 5) is 0. The summed E-state index contributed by atoms with van der Waals surface area (Å²) in [5.74, 6) is 0. The minimum atomic E-state index is -4.29. The van der Waals surface area contributed by atoms with Crippen LogP contribution in [0.5, 0.6) is 0 Å². The fraction of sp³-hybridized carbons (Fsp3) is 0.200. The maximum absolute atomic E-state index is 12.6. The molecular formula is C15H13F3. The Morgan fingerprint density at radius 1 is 0.889 bits per heavy atom. The molecule has 0 aliphatic carbocycles. The van der Waals surface area contributed by atoms with Crippen molar-refractivity contribution in [1.29, 1.82) is 0 Å². The molecule has 3 heteroatoms. The number of alkyl halides is 3. The average molecular weight is 250 g/mol. The van der Waals surface area contributed by atoms with Gasteiger partial charge in [-0.1, -0.05) is 43.3 Å². The van der Waals surface area contributed by atoms with E-state index in [9.17, 15) is 13.2 Å². The lowest BCUT2D eigenvalue weighted by Crippen LogP contribution is -2.04. The van der Waals surface area contributed by atoms with Crippen LogP contribution in [0.3, 0.4) is 0 Å². The Hall–Kier alpha value is -1.77. The van der Waals surface area contributed by atoms with Crippen LogP contribution in [-0.2, 0) is 12.6 Å². The van der Waals surface area contributed by atoms with Gasteiger partial charge in [-0.15, -0.1) is 0 Å². The van der Waals surface area contributed by atoms with Crippen molar-refractivity contribution in [2.24, 2.45) is 0 Å². The summed E-state index contributed by atoms with van der Waals surface area (Å²) in [5.41, 5.74) is 1.95. The standard InChI is InChI=1S/C15H13F3/c1-2-11-6-8-12(9-7-11)13-4-3-5-14(10-13)15(16,17)18/h3-10H,2H2,1H3. The Labute approximate surface area is 104 Å². The quantitative estimate of drug-likeness (QED) is 0.708. The molecule has 2 aromatic carbocycles. The van der Waals surface area contributed by atoms with Gasteiger partial charge in [0.15, 0.2) is 0 Å². The molecule has 0 aromatic heterocycles. The number of aryl methyl sites for hydroxylation is 1. The molecule has 94 valence electrons. The van der Waals surface area contributed by atoms with E-state index in [2.05, 4.69) is 0 Å². The summed E-state index contributed by atoms with van der Waals surface area (Å²) in [6.07, 6.45) is -3.37. The molecule has 18 heavy (non-hydrogen) atoms. The molecule has 0 N–H and O–H groups in total. The van der Waals surface area contributed by atoms with E-state index in [0.29, 0.717) is 5.56 Å². The van der Waals surface area contributed by atoms with E-state index in [4.69, 9.17) is 0 Å². The lowest BCUT2D eigenvalue weighted by Gasteiger charge is -2.09. The molecule has 0 aliphatic heterocycles. The van der Waals surface area contributed by atoms with Crippen LogP contribution in [0.1, 0.15) is 18.1 Å². The molecule has 0 unspecified atom stereocenters. The zero-order valence-electron chi connectivity index (χ0n) is 9.96. The zero-order valence-corrected chi connectivity index (χ0v) is 9.96. The molecule has 0 amide bonds. The summed E-state index contributed by atoms with van der Waals surface area (Å²) >= 11 is 0. The molecule has 0 fully saturated rings. The van der Waals surface area contributed by atoms with Crippen molar-refractivity contribution < 1.29 is 13.2 Å². The molecule has 0 spiro atoms. The van der Waals surface area contributed by atoms with Gasteiger partial charge in [-0.3, -0.25) is 0 Å². The molecule has 0 nitrogen and oxygen atoms in total. The average Bonchev–Trinajstić information content (AvgIpc) is 2.38. The van der Waals surface area contributed by atoms with Crippen LogP contribution in [0, 0.1) is 0 Å². The van der Waals surface area contributed by atoms with E-state index in [1.807, 2.05) is 31.2 Å². The first-order chi connectivity index (χ1) is 8.50. The molecule has 0 saturated heterocycles. The first-order valence-electron chi connectivity index (χ1n) is 5.77. The van der Waals surface area contributed by atoms with Gasteiger partial charge in [0.2, 0.25) is 0 Å². The summed E-state index contributed by atoms with van der Waals surface area (Å²) in [5, 5.41) is 0. The fourth-order valence-corrected chi connectivity index (χ4v) is 1.81. The van der Waals surface area contributed by atoms with Crippen LogP contribution in [0.25, 0.3) is 11.1 Å². The highest BCUT2D eigenvalue weighted by Gasteiger charge is 2.30. The van der Waals surface area contributed by atoms with Gasteiger partial charge in [0.25, 0.3) is 0 Å². The minimum Gasteiger partial charge on any atom is -0.166 e. The molecule has 0 atom stereocenters. The number of benzene rings is 2. The van der Waals surface area contributed by atoms with Gasteiger partial charge in [0.1, 0.15) is 0 Å². The Balaban J connectivity index is 2.38. The van der Waals surface area contributed by atoms with Gasteiger partial charge >= 0.3 is 6.18 Å². The first kappa shape index (κ1) is 12.7. The van der Waals surface area contributed by atoms with Crippen molar-refractivity contribution in [2.75, 3.05) is 0 Å². The van der Waals surface area contributed by atoms with Gasteiger partial charge in [0.05, 0.1) is 5.56 Å². The second-order valence-electron chi connectivity index (χ2n) is 4.13. The second-order valence-corrected chi connectivity index (χ2v) is 4.13. The number of hydrogen-bond acceptors (Lipinski definition) is 0. The van der Waals surface area contributed by atoms with E-state index in [-0.39, 0.29) is 0 Å². The Morgan fingerprint density at radius 2 is 1.56 bits per heavy atom. The molecular weight excluding hydrogens is 237 g/mol. The Kier molecular flexibility index (Phi) is 3.41. The topological polar surface area (TPSA) is 0 Å². The summed E-state index contributed by atoms with van der Waals surface area (Å²) in [6, 6.07) is 13.0. The molecule has 0 aliphatic rings. The van der Waals surface area contributed by atoms with Gasteiger partial charge < -0.3 is 0 Å². The largest absolute Gasteiger partial charge is 0.416 e. The van der Waals surface area contributed by atoms with Crippen molar-refractivity contribution in [2.45, 2.75) is 19.5 Å². The number of halogens is 3. The third-order valence-corrected chi connectivity index (χ3v) is 2.89. The SMILES string of the molecule is CCc1ccc(-c2cccc(C(F)(F)F)c2)cc1. The molecule has 2 aromatic rings. The molecule has 0 radical (unpaired) electrons. The van der Waals surface area contributed by atoms with Gasteiger partial charge in [0, 0.05) is 0 Å². The second kappa shape index (κ2) is 4.84. The van der Waals surface area contributed by atoms with Crippen LogP contribution in [-0.4, -0.2) is 0 Å². The van der Waals surface area contributed by atoms with E-state index in [0.717, 1.165) is 18.1 Å². The van der Waals surface area contributed by atoms with Crippen LogP contribution in [0.2, 0.25) is 0 Å². The first-order valence-corrected chi connectivity index (χ1v) is 5.77. The van der Waals surface area contributed by atoms with Gasteiger partial charge in [-0.05, 0) is 35.2 Å². The highest BCUT2D eigenvalue weighted by Crippen LogP contribution is 2.32. The van der Waals surface area contributed by atoms with Crippen LogP contribution in [0.4, 0.5) is 13.2 Å². The number of hydrogen-bond donors (Lipinski definition) is 0. The third-order valence-electron chi connectivity index (χ3n) is 2.89. The highest BCUT2D eigenvalue weighted by molar-refractivity contribution is 5.64. The summed E-state index contributed by atoms with van der Waals surface area (Å²) < 4.78 is 37.8. The summed E-state index contributed by atoms with van der Waals surface area (Å²) in [7, 11) is 0. The predicted octanol–water partition coefficient (Wildman–Crippen LogP) is 4.93. The van der Waals surface area contributed by atoms with Crippen molar-refractivity contribution >= 4 is 0 Å². The van der Waals surface area contributed by atoms with Crippen LogP contribution >= 0.6 is 0 Å². The zero-order chi connectivity index (χ0) is 13.2. The molecule has 0 heterocycles. The van der Waals surface area contributed by atoms with Gasteiger partial charge in [-0.25, -0.2) is 0 Å². The van der Waals surface area contributed by atoms with Crippen molar-refractivity contribution in [3.63, 3.8) is 0 Å². The summed E-state index contributed by atoms with van der Waals surface area (Å²) in [6.45, 7) is 2.04. The van der Waals surface area contributed by atoms with Crippen molar-refractivity contribution in [3.8, 4) is 11.1 Å². The third kappa shape index (κ3) is 2.73. The Bertz CT molecular complexity index is 524. The van der Waals surface area contributed by atoms with Crippen molar-refractivity contribution in [1.82, 2.24) is 0 Å². The molecule has 2 rings (SSSR count). The van der Waals surface area contributed by atoms with E-state index < -0.39 is 11.7 Å². The molecule has 0 saturated carbocycles. The highest BCUT2D eigenvalue weighted by atomic mass is 19.4. The predicted molar refractivity (Wildman–Crippen MR) is 66.3 cm³/mol. The Morgan fingerprint density at radius 3 is 2.11 bits per heavy atom. The number of rotatable bonds is 2. The minimum absolute atomic E-state index is 0.590. The van der Waals surface area contributed by atoms with Crippen LogP contribution in [0.15, 0.2) is 48.5 Å². The normalized spacial score (nSPS) is 11.6. The van der Waals surface area contributed by atoms with Gasteiger partial charge in [-0.2, -0.15) is 13.2 Å². The molecule has 0 bridgehead atoms. The lowest BCUT2D eigenvalue weighted by atomic mass is 10.0. The maximum atomic E-state index is 12.6. The van der Waals surface area contributed by atoms with Crippen LogP contribution < -0.4 is 0 Å². The van der Waals surface area contributed by atoms with Crippen molar-refractivity contribution in [3.05, 3.63) is 59.7 Å². The fourth-order valence-electron chi connectivity index (χ4n) is 1.81. The smallest absolute Gasteiger partial charge is 0.166 e. The van der Waals surface area contributed by atoms with E-state index in [1.54, 1.807) is 6.07 Å². The van der Waals surface area contributed by atoms with E-state index in [1.165, 1.54) is 17.7 Å². The lowest BCUT2D eigenvalue weighted by molar-refractivity contribution is -0.137. The maximum Gasteiger partial charge on any atom is 0.416 e.